The van der Waals surface area contributed by atoms with Crippen molar-refractivity contribution in [1.29, 1.82) is 0 Å². The average molecular weight is 537 g/mol. The number of likely N-dealkylation sites (tertiary alicyclic amines) is 1. The lowest BCUT2D eigenvalue weighted by Gasteiger charge is -2.36. The molecule has 1 aliphatic heterocycles. The van der Waals surface area contributed by atoms with E-state index in [1.807, 2.05) is 18.2 Å². The largest absolute Gasteiger partial charge is 0.503 e. The lowest BCUT2D eigenvalue weighted by Crippen LogP contribution is -2.45. The van der Waals surface area contributed by atoms with E-state index in [2.05, 4.69) is 15.2 Å². The highest BCUT2D eigenvalue weighted by atomic mass is 35.5. The summed E-state index contributed by atoms with van der Waals surface area (Å²) in [6.45, 7) is 4.91. The SMILES string of the molecule is COc1cc(-c2ccc3ncc(C(C)=O)c(N[C@H]4CC[C@H](CN5CCCC(N)C5)CC4)c3c2)cc(Cl)c1O. The maximum atomic E-state index is 12.6. The quantitative estimate of drug-likeness (QED) is 0.325. The third kappa shape index (κ3) is 5.75. The molecule has 0 bridgehead atoms. The number of nitrogens with zero attached hydrogens (tertiary/aromatic N) is 2. The molecule has 1 saturated heterocycles. The van der Waals surface area contributed by atoms with Crippen LogP contribution in [0.4, 0.5) is 5.69 Å². The summed E-state index contributed by atoms with van der Waals surface area (Å²) in [6, 6.07) is 10.0. The van der Waals surface area contributed by atoms with Gasteiger partial charge in [0, 0.05) is 36.8 Å². The summed E-state index contributed by atoms with van der Waals surface area (Å²) < 4.78 is 5.30. The number of hydrogen-bond acceptors (Lipinski definition) is 7. The van der Waals surface area contributed by atoms with Crippen molar-refractivity contribution in [3.63, 3.8) is 0 Å². The fraction of sp³-hybridized carbons (Fsp3) is 0.467. The molecule has 1 saturated carbocycles. The van der Waals surface area contributed by atoms with E-state index in [0.29, 0.717) is 29.3 Å². The number of anilines is 1. The van der Waals surface area contributed by atoms with E-state index in [1.54, 1.807) is 25.3 Å². The minimum Gasteiger partial charge on any atom is -0.503 e. The molecule has 3 aromatic rings. The smallest absolute Gasteiger partial charge is 0.176 e. The van der Waals surface area contributed by atoms with Gasteiger partial charge < -0.3 is 25.8 Å². The molecular weight excluding hydrogens is 500 g/mol. The van der Waals surface area contributed by atoms with Gasteiger partial charge >= 0.3 is 0 Å². The molecule has 0 radical (unpaired) electrons. The molecule has 2 fully saturated rings. The number of aromatic hydroxyl groups is 1. The Morgan fingerprint density at radius 3 is 2.68 bits per heavy atom. The summed E-state index contributed by atoms with van der Waals surface area (Å²) in [7, 11) is 1.50. The highest BCUT2D eigenvalue weighted by Crippen LogP contribution is 2.40. The van der Waals surface area contributed by atoms with E-state index >= 15 is 0 Å². The molecule has 1 aliphatic carbocycles. The fourth-order valence-electron chi connectivity index (χ4n) is 6.01. The van der Waals surface area contributed by atoms with Crippen molar-refractivity contribution in [3.05, 3.63) is 47.1 Å². The minimum atomic E-state index is -0.0830. The number of halogens is 1. The van der Waals surface area contributed by atoms with E-state index in [1.165, 1.54) is 26.4 Å². The number of ketones is 1. The summed E-state index contributed by atoms with van der Waals surface area (Å²) in [5.74, 6) is 0.905. The van der Waals surface area contributed by atoms with Crippen molar-refractivity contribution in [3.8, 4) is 22.6 Å². The van der Waals surface area contributed by atoms with Gasteiger partial charge in [0.1, 0.15) is 0 Å². The maximum absolute atomic E-state index is 12.6. The molecule has 0 spiro atoms. The van der Waals surface area contributed by atoms with Crippen LogP contribution in [-0.4, -0.2) is 59.6 Å². The Hall–Kier alpha value is -2.87. The van der Waals surface area contributed by atoms with Gasteiger partial charge in [-0.2, -0.15) is 0 Å². The number of hydrogen-bond donors (Lipinski definition) is 3. The molecule has 8 heteroatoms. The predicted octanol–water partition coefficient (Wildman–Crippen LogP) is 5.87. The Kier molecular flexibility index (Phi) is 8.07. The minimum absolute atomic E-state index is 0.0169. The van der Waals surface area contributed by atoms with Crippen molar-refractivity contribution >= 4 is 34.0 Å². The summed E-state index contributed by atoms with van der Waals surface area (Å²) in [4.78, 5) is 19.7. The van der Waals surface area contributed by atoms with Gasteiger partial charge in [0.15, 0.2) is 17.3 Å². The average Bonchev–Trinajstić information content (AvgIpc) is 2.91. The van der Waals surface area contributed by atoms with Crippen molar-refractivity contribution in [1.82, 2.24) is 9.88 Å². The number of carbonyl (C=O) groups excluding carboxylic acids is 1. The number of rotatable bonds is 7. The van der Waals surface area contributed by atoms with Crippen LogP contribution in [0.15, 0.2) is 36.5 Å². The number of pyridine rings is 1. The molecule has 2 heterocycles. The molecule has 5 rings (SSSR count). The predicted molar refractivity (Wildman–Crippen MR) is 153 cm³/mol. The van der Waals surface area contributed by atoms with E-state index in [9.17, 15) is 9.90 Å². The van der Waals surface area contributed by atoms with Crippen LogP contribution >= 0.6 is 11.6 Å². The molecule has 38 heavy (non-hydrogen) atoms. The van der Waals surface area contributed by atoms with Crippen LogP contribution in [0.3, 0.4) is 0 Å². The highest BCUT2D eigenvalue weighted by molar-refractivity contribution is 6.32. The monoisotopic (exact) mass is 536 g/mol. The zero-order chi connectivity index (χ0) is 26.8. The van der Waals surface area contributed by atoms with Crippen LogP contribution in [0.1, 0.15) is 55.8 Å². The first kappa shape index (κ1) is 26.7. The Morgan fingerprint density at radius 1 is 1.18 bits per heavy atom. The lowest BCUT2D eigenvalue weighted by molar-refractivity contribution is 0.101. The van der Waals surface area contributed by atoms with E-state index in [4.69, 9.17) is 22.1 Å². The standard InChI is InChI=1S/C30H37ClN4O3/c1-18(36)25-15-33-27-10-7-20(21-13-26(31)30(37)28(14-21)38-2)12-24(27)29(25)34-23-8-5-19(6-9-23)16-35-11-3-4-22(32)17-35/h7,10,12-15,19,22-23,37H,3-6,8-9,11,16-17,32H2,1-2H3,(H,33,34)/t19-,22?,23-. The molecule has 0 amide bonds. The Labute approximate surface area is 229 Å². The number of nitrogens with two attached hydrogens (primary N) is 1. The van der Waals surface area contributed by atoms with Gasteiger partial charge in [0.05, 0.1) is 28.9 Å². The number of benzene rings is 2. The maximum Gasteiger partial charge on any atom is 0.176 e. The number of phenols is 1. The number of fused-ring (bicyclic) bond motifs is 1. The molecule has 1 atom stereocenters. The van der Waals surface area contributed by atoms with Gasteiger partial charge in [-0.1, -0.05) is 17.7 Å². The topological polar surface area (TPSA) is 101 Å². The van der Waals surface area contributed by atoms with E-state index < -0.39 is 0 Å². The first-order chi connectivity index (χ1) is 18.3. The van der Waals surface area contributed by atoms with Crippen LogP contribution in [0.25, 0.3) is 22.0 Å². The van der Waals surface area contributed by atoms with Crippen molar-refractivity contribution < 1.29 is 14.6 Å². The molecule has 7 nitrogen and oxygen atoms in total. The number of methoxy groups -OCH3 is 1. The van der Waals surface area contributed by atoms with Crippen molar-refractivity contribution in [2.24, 2.45) is 11.7 Å². The second-order valence-electron chi connectivity index (χ2n) is 10.9. The molecule has 2 aliphatic rings. The summed E-state index contributed by atoms with van der Waals surface area (Å²) in [6.07, 6.45) is 8.48. The Balaban J connectivity index is 1.39. The van der Waals surface area contributed by atoms with Crippen LogP contribution in [0.2, 0.25) is 5.02 Å². The molecular formula is C30H37ClN4O3. The fourth-order valence-corrected chi connectivity index (χ4v) is 6.22. The third-order valence-electron chi connectivity index (χ3n) is 8.08. The molecule has 1 unspecified atom stereocenters. The Morgan fingerprint density at radius 2 is 1.97 bits per heavy atom. The number of Topliss-reactive ketones (excluding diaryl/α,β-unsaturated/α-hetero) is 1. The van der Waals surface area contributed by atoms with Crippen LogP contribution in [-0.2, 0) is 0 Å². The zero-order valence-corrected chi connectivity index (χ0v) is 22.9. The van der Waals surface area contributed by atoms with Crippen LogP contribution in [0.5, 0.6) is 11.5 Å². The summed E-state index contributed by atoms with van der Waals surface area (Å²) in [5.41, 5.74) is 10.1. The molecule has 202 valence electrons. The van der Waals surface area contributed by atoms with Gasteiger partial charge in [-0.05, 0) is 93.3 Å². The van der Waals surface area contributed by atoms with Crippen molar-refractivity contribution in [2.45, 2.75) is 57.5 Å². The third-order valence-corrected chi connectivity index (χ3v) is 8.37. The highest BCUT2D eigenvalue weighted by Gasteiger charge is 2.26. The van der Waals surface area contributed by atoms with Crippen molar-refractivity contribution in [2.75, 3.05) is 32.1 Å². The van der Waals surface area contributed by atoms with Gasteiger partial charge in [0.25, 0.3) is 0 Å². The number of aromatic nitrogens is 1. The zero-order valence-electron chi connectivity index (χ0n) is 22.2. The second kappa shape index (κ2) is 11.5. The number of phenolic OH excluding ortho intramolecular Hbond substituents is 1. The van der Waals surface area contributed by atoms with Gasteiger partial charge in [-0.3, -0.25) is 9.78 Å². The second-order valence-corrected chi connectivity index (χ2v) is 11.3. The molecule has 1 aromatic heterocycles. The molecule has 2 aromatic carbocycles. The van der Waals surface area contributed by atoms with E-state index in [0.717, 1.165) is 66.6 Å². The first-order valence-corrected chi connectivity index (χ1v) is 13.9. The lowest BCUT2D eigenvalue weighted by atomic mass is 9.85. The number of ether oxygens (including phenoxy) is 1. The number of carbonyl (C=O) groups is 1. The van der Waals surface area contributed by atoms with Gasteiger partial charge in [-0.15, -0.1) is 0 Å². The molecule has 4 N–H and O–H groups in total. The van der Waals surface area contributed by atoms with E-state index in [-0.39, 0.29) is 16.6 Å². The number of nitrogens with one attached hydrogen (secondary N) is 1. The van der Waals surface area contributed by atoms with Crippen LogP contribution in [0, 0.1) is 5.92 Å². The normalized spacial score (nSPS) is 22.4. The first-order valence-electron chi connectivity index (χ1n) is 13.6. The van der Waals surface area contributed by atoms with Gasteiger partial charge in [0.2, 0.25) is 0 Å². The van der Waals surface area contributed by atoms with Crippen LogP contribution < -0.4 is 15.8 Å². The Bertz CT molecular complexity index is 1320. The summed E-state index contributed by atoms with van der Waals surface area (Å²) >= 11 is 6.26. The number of piperidine rings is 1. The van der Waals surface area contributed by atoms with Gasteiger partial charge in [-0.25, -0.2) is 0 Å². The summed E-state index contributed by atoms with van der Waals surface area (Å²) in [5, 5.41) is 15.0.